The van der Waals surface area contributed by atoms with Crippen molar-refractivity contribution < 1.29 is 0 Å². The first-order valence-electron chi connectivity index (χ1n) is 18.7. The van der Waals surface area contributed by atoms with Crippen LogP contribution in [0, 0.1) is 0 Å². The maximum Gasteiger partial charge on any atom is 0.130 e. The Hall–Kier alpha value is -4.74. The SMILES string of the molecule is C=C1CCCC2=C1C=C(C(=C)Nc1ccc(Cc3ccnc4cc(CCCCN5CCCCC5)c(CC)cc34)cn1)C(=C)N2c1ccccc1. The highest BCUT2D eigenvalue weighted by Gasteiger charge is 2.30. The lowest BCUT2D eigenvalue weighted by molar-refractivity contribution is 0.225. The van der Waals surface area contributed by atoms with E-state index >= 15 is 0 Å². The van der Waals surface area contributed by atoms with Crippen LogP contribution in [-0.2, 0) is 19.3 Å². The number of hydrogen-bond donors (Lipinski definition) is 1. The van der Waals surface area contributed by atoms with Crippen molar-refractivity contribution in [3.8, 4) is 0 Å². The third-order valence-corrected chi connectivity index (χ3v) is 10.7. The van der Waals surface area contributed by atoms with E-state index < -0.39 is 0 Å². The van der Waals surface area contributed by atoms with Crippen molar-refractivity contribution in [3.63, 3.8) is 0 Å². The second kappa shape index (κ2) is 15.4. The summed E-state index contributed by atoms with van der Waals surface area (Å²) in [5.41, 5.74) is 13.9. The molecule has 7 rings (SSSR count). The largest absolute Gasteiger partial charge is 0.340 e. The summed E-state index contributed by atoms with van der Waals surface area (Å²) in [6.45, 7) is 19.5. The van der Waals surface area contributed by atoms with Crippen molar-refractivity contribution in [1.82, 2.24) is 14.9 Å². The maximum atomic E-state index is 4.82. The van der Waals surface area contributed by atoms with Crippen LogP contribution in [0.4, 0.5) is 11.5 Å². The van der Waals surface area contributed by atoms with Crippen LogP contribution in [0.25, 0.3) is 10.9 Å². The van der Waals surface area contributed by atoms with Gasteiger partial charge in [0.1, 0.15) is 5.82 Å². The number of aryl methyl sites for hydroxylation is 2. The number of rotatable bonds is 12. The second-order valence-electron chi connectivity index (χ2n) is 14.1. The standard InChI is InChI=1S/C45H51N5/c1-5-36-28-42-38(22-23-46-43(42)29-37(36)16-10-13-26-49-24-11-7-12-25-49)27-35-20-21-45(47-31-35)48-33(3)41-30-40-32(2)15-14-19-44(40)50(34(41)4)39-17-8-6-9-18-39/h6,8-9,17-18,20-23,28-31H,2-5,7,10-16,19,24-27H2,1H3,(H,47,48). The van der Waals surface area contributed by atoms with Crippen molar-refractivity contribution in [3.05, 3.63) is 155 Å². The molecule has 1 fully saturated rings. The topological polar surface area (TPSA) is 44.3 Å². The van der Waals surface area contributed by atoms with E-state index in [1.54, 1.807) is 0 Å². The number of nitrogens with one attached hydrogen (secondary N) is 1. The van der Waals surface area contributed by atoms with Crippen molar-refractivity contribution in [2.24, 2.45) is 0 Å². The second-order valence-corrected chi connectivity index (χ2v) is 14.1. The van der Waals surface area contributed by atoms with Gasteiger partial charge in [-0.05, 0) is 160 Å². The van der Waals surface area contributed by atoms with Gasteiger partial charge in [0, 0.05) is 46.1 Å². The molecule has 5 nitrogen and oxygen atoms in total. The summed E-state index contributed by atoms with van der Waals surface area (Å²) in [6.07, 6.45) is 18.9. The van der Waals surface area contributed by atoms with E-state index in [1.807, 2.05) is 18.5 Å². The number of piperidine rings is 1. The lowest BCUT2D eigenvalue weighted by atomic mass is 9.85. The summed E-state index contributed by atoms with van der Waals surface area (Å²) in [6, 6.07) is 21.6. The molecular weight excluding hydrogens is 611 g/mol. The van der Waals surface area contributed by atoms with Gasteiger partial charge in [0.15, 0.2) is 0 Å². The first-order valence-corrected chi connectivity index (χ1v) is 18.7. The zero-order valence-corrected chi connectivity index (χ0v) is 29.8. The van der Waals surface area contributed by atoms with E-state index in [-0.39, 0.29) is 0 Å². The van der Waals surface area contributed by atoms with Gasteiger partial charge in [0.25, 0.3) is 0 Å². The highest BCUT2D eigenvalue weighted by Crippen LogP contribution is 2.43. The fourth-order valence-corrected chi connectivity index (χ4v) is 7.95. The summed E-state index contributed by atoms with van der Waals surface area (Å²) in [5, 5.41) is 4.73. The predicted octanol–water partition coefficient (Wildman–Crippen LogP) is 10.5. The molecule has 0 unspecified atom stereocenters. The Balaban J connectivity index is 1.03. The van der Waals surface area contributed by atoms with Crippen LogP contribution in [-0.4, -0.2) is 34.5 Å². The minimum absolute atomic E-state index is 0.763. The number of benzene rings is 2. The van der Waals surface area contributed by atoms with Gasteiger partial charge in [-0.1, -0.05) is 57.3 Å². The molecule has 5 heteroatoms. The number of unbranched alkanes of at least 4 members (excludes halogenated alkanes) is 1. The van der Waals surface area contributed by atoms with E-state index in [0.29, 0.717) is 0 Å². The zero-order chi connectivity index (χ0) is 34.5. The molecule has 3 aliphatic rings. The van der Waals surface area contributed by atoms with Crippen LogP contribution in [0.15, 0.2) is 133 Å². The van der Waals surface area contributed by atoms with Crippen molar-refractivity contribution in [1.29, 1.82) is 0 Å². The minimum atomic E-state index is 0.763. The highest BCUT2D eigenvalue weighted by molar-refractivity contribution is 5.84. The molecule has 4 aromatic rings. The Morgan fingerprint density at radius 3 is 2.48 bits per heavy atom. The summed E-state index contributed by atoms with van der Waals surface area (Å²) in [5.74, 6) is 0.763. The number of fused-ring (bicyclic) bond motifs is 1. The van der Waals surface area contributed by atoms with Crippen molar-refractivity contribution >= 4 is 22.4 Å². The van der Waals surface area contributed by atoms with Gasteiger partial charge < -0.3 is 15.1 Å². The van der Waals surface area contributed by atoms with E-state index in [2.05, 4.69) is 102 Å². The van der Waals surface area contributed by atoms with E-state index in [9.17, 15) is 0 Å². The van der Waals surface area contributed by atoms with Gasteiger partial charge in [0.2, 0.25) is 0 Å². The Kier molecular flexibility index (Phi) is 10.4. The van der Waals surface area contributed by atoms with E-state index in [0.717, 1.165) is 72.5 Å². The average Bonchev–Trinajstić information content (AvgIpc) is 3.14. The number of nitrogens with zero attached hydrogens (tertiary/aromatic N) is 4. The number of pyridine rings is 2. The predicted molar refractivity (Wildman–Crippen MR) is 210 cm³/mol. The first-order chi connectivity index (χ1) is 24.5. The van der Waals surface area contributed by atoms with Gasteiger partial charge >= 0.3 is 0 Å². The van der Waals surface area contributed by atoms with Crippen LogP contribution < -0.4 is 10.2 Å². The Labute approximate surface area is 298 Å². The molecule has 1 N–H and O–H groups in total. The first kappa shape index (κ1) is 33.7. The third-order valence-electron chi connectivity index (χ3n) is 10.7. The van der Waals surface area contributed by atoms with Crippen LogP contribution in [0.5, 0.6) is 0 Å². The molecule has 0 radical (unpaired) electrons. The quantitative estimate of drug-likeness (QED) is 0.153. The molecule has 0 atom stereocenters. The fraction of sp³-hybridized carbons (Fsp3) is 0.333. The fourth-order valence-electron chi connectivity index (χ4n) is 7.95. The number of allylic oxidation sites excluding steroid dienone is 4. The van der Waals surface area contributed by atoms with E-state index in [1.165, 1.54) is 96.2 Å². The average molecular weight is 662 g/mol. The van der Waals surface area contributed by atoms with Crippen LogP contribution in [0.3, 0.4) is 0 Å². The molecule has 50 heavy (non-hydrogen) atoms. The molecule has 256 valence electrons. The lowest BCUT2D eigenvalue weighted by Crippen LogP contribution is -2.30. The van der Waals surface area contributed by atoms with Crippen LogP contribution in [0.2, 0.25) is 0 Å². The number of para-hydroxylation sites is 1. The monoisotopic (exact) mass is 661 g/mol. The molecular formula is C45H51N5. The third kappa shape index (κ3) is 7.39. The van der Waals surface area contributed by atoms with Crippen molar-refractivity contribution in [2.75, 3.05) is 29.9 Å². The normalized spacial score (nSPS) is 16.8. The van der Waals surface area contributed by atoms with Gasteiger partial charge in [-0.25, -0.2) is 4.98 Å². The van der Waals surface area contributed by atoms with Crippen LogP contribution in [0.1, 0.15) is 80.5 Å². The molecule has 2 aliphatic heterocycles. The molecule has 4 heterocycles. The summed E-state index contributed by atoms with van der Waals surface area (Å²) >= 11 is 0. The van der Waals surface area contributed by atoms with E-state index in [4.69, 9.17) is 9.97 Å². The Morgan fingerprint density at radius 1 is 0.860 bits per heavy atom. The lowest BCUT2D eigenvalue weighted by Gasteiger charge is -2.38. The molecule has 2 aromatic carbocycles. The summed E-state index contributed by atoms with van der Waals surface area (Å²) in [4.78, 5) is 14.6. The molecule has 0 amide bonds. The van der Waals surface area contributed by atoms with Gasteiger partial charge in [-0.2, -0.15) is 0 Å². The zero-order valence-electron chi connectivity index (χ0n) is 29.8. The number of likely N-dealkylation sites (tertiary alicyclic amines) is 1. The Morgan fingerprint density at radius 2 is 1.70 bits per heavy atom. The number of hydrogen-bond acceptors (Lipinski definition) is 5. The summed E-state index contributed by atoms with van der Waals surface area (Å²) in [7, 11) is 0. The Bertz CT molecular complexity index is 1940. The summed E-state index contributed by atoms with van der Waals surface area (Å²) < 4.78 is 0. The molecule has 0 bridgehead atoms. The van der Waals surface area contributed by atoms with Gasteiger partial charge in [0.05, 0.1) is 5.52 Å². The molecule has 2 aromatic heterocycles. The molecule has 0 spiro atoms. The smallest absolute Gasteiger partial charge is 0.130 e. The number of aromatic nitrogens is 2. The molecule has 0 saturated carbocycles. The molecule has 1 saturated heterocycles. The minimum Gasteiger partial charge on any atom is -0.340 e. The maximum absolute atomic E-state index is 4.82. The van der Waals surface area contributed by atoms with Crippen molar-refractivity contribution in [2.45, 2.75) is 77.6 Å². The number of anilines is 2. The van der Waals surface area contributed by atoms with Gasteiger partial charge in [-0.3, -0.25) is 4.98 Å². The molecule has 1 aliphatic carbocycles. The van der Waals surface area contributed by atoms with Crippen LogP contribution >= 0.6 is 0 Å². The van der Waals surface area contributed by atoms with Gasteiger partial charge in [-0.15, -0.1) is 0 Å². The highest BCUT2D eigenvalue weighted by atomic mass is 15.2.